The highest BCUT2D eigenvalue weighted by molar-refractivity contribution is 5.78. The number of carbonyl (C=O) groups excluding carboxylic acids is 1. The Hall–Kier alpha value is -1.51. The van der Waals surface area contributed by atoms with Gasteiger partial charge in [0.1, 0.15) is 5.75 Å². The Bertz CT molecular complexity index is 420. The van der Waals surface area contributed by atoms with Gasteiger partial charge in [0.15, 0.2) is 0 Å². The molecule has 1 heterocycles. The maximum Gasteiger partial charge on any atom is 0.221 e. The van der Waals surface area contributed by atoms with Gasteiger partial charge in [0.2, 0.25) is 5.91 Å². The third-order valence-electron chi connectivity index (χ3n) is 2.75. The fourth-order valence-corrected chi connectivity index (χ4v) is 2.09. The van der Waals surface area contributed by atoms with Crippen LogP contribution in [0.3, 0.4) is 0 Å². The van der Waals surface area contributed by atoms with Crippen molar-refractivity contribution >= 4 is 5.91 Å². The third-order valence-corrected chi connectivity index (χ3v) is 2.75. The lowest BCUT2D eigenvalue weighted by molar-refractivity contribution is -0.122. The number of para-hydroxylation sites is 1. The summed E-state index contributed by atoms with van der Waals surface area (Å²) in [5, 5.41) is 2.98. The minimum absolute atomic E-state index is 0.0859. The van der Waals surface area contributed by atoms with Crippen LogP contribution in [0.15, 0.2) is 24.3 Å². The van der Waals surface area contributed by atoms with Crippen molar-refractivity contribution in [3.63, 3.8) is 0 Å². The summed E-state index contributed by atoms with van der Waals surface area (Å²) >= 11 is 0. The van der Waals surface area contributed by atoms with Crippen molar-refractivity contribution in [3.8, 4) is 5.75 Å². The number of nitrogens with one attached hydrogen (secondary N) is 1. The van der Waals surface area contributed by atoms with Crippen LogP contribution in [0, 0.1) is 0 Å². The summed E-state index contributed by atoms with van der Waals surface area (Å²) in [6.07, 6.45) is 0.494. The van der Waals surface area contributed by atoms with Crippen molar-refractivity contribution in [1.29, 1.82) is 0 Å². The van der Waals surface area contributed by atoms with Crippen LogP contribution in [-0.4, -0.2) is 18.1 Å². The van der Waals surface area contributed by atoms with Crippen LogP contribution < -0.4 is 10.1 Å². The first kappa shape index (κ1) is 12.0. The minimum atomic E-state index is -0.171. The molecule has 0 spiro atoms. The number of ether oxygens (including phenoxy) is 1. The molecule has 1 aromatic rings. The molecule has 1 N–H and O–H groups in total. The summed E-state index contributed by atoms with van der Waals surface area (Å²) in [5.74, 6) is 1.19. The molecule has 0 fully saturated rings. The van der Waals surface area contributed by atoms with E-state index in [0.29, 0.717) is 13.0 Å². The van der Waals surface area contributed by atoms with Gasteiger partial charge in [0.05, 0.1) is 6.61 Å². The highest BCUT2D eigenvalue weighted by Gasteiger charge is 2.26. The Balaban J connectivity index is 2.00. The summed E-state index contributed by atoms with van der Waals surface area (Å²) in [4.78, 5) is 11.9. The molecule has 3 nitrogen and oxygen atoms in total. The lowest BCUT2D eigenvalue weighted by Gasteiger charge is -2.21. The predicted octanol–water partition coefficient (Wildman–Crippen LogP) is 2.47. The summed E-state index contributed by atoms with van der Waals surface area (Å²) in [5.41, 5.74) is 0.979. The molecule has 0 saturated heterocycles. The number of rotatable bonds is 2. The van der Waals surface area contributed by atoms with Gasteiger partial charge in [-0.3, -0.25) is 4.79 Å². The van der Waals surface area contributed by atoms with Crippen molar-refractivity contribution in [2.75, 3.05) is 6.61 Å². The van der Waals surface area contributed by atoms with Gasteiger partial charge in [-0.25, -0.2) is 0 Å². The zero-order valence-corrected chi connectivity index (χ0v) is 10.6. The van der Waals surface area contributed by atoms with E-state index in [1.165, 1.54) is 0 Å². The maximum atomic E-state index is 11.9. The van der Waals surface area contributed by atoms with Crippen molar-refractivity contribution in [2.45, 2.75) is 38.6 Å². The van der Waals surface area contributed by atoms with E-state index >= 15 is 0 Å². The van der Waals surface area contributed by atoms with E-state index in [4.69, 9.17) is 4.74 Å². The molecule has 0 aromatic heterocycles. The SMILES string of the molecule is CC(C)(C)NC(=O)CC1COc2ccccc21. The van der Waals surface area contributed by atoms with Crippen LogP contribution in [0.25, 0.3) is 0 Å². The summed E-state index contributed by atoms with van der Waals surface area (Å²) < 4.78 is 5.56. The van der Waals surface area contributed by atoms with Crippen molar-refractivity contribution in [3.05, 3.63) is 29.8 Å². The van der Waals surface area contributed by atoms with E-state index < -0.39 is 0 Å². The van der Waals surface area contributed by atoms with Crippen LogP contribution in [0.5, 0.6) is 5.75 Å². The molecule has 0 saturated carbocycles. The van der Waals surface area contributed by atoms with E-state index in [0.717, 1.165) is 11.3 Å². The number of benzene rings is 1. The van der Waals surface area contributed by atoms with Gasteiger partial charge in [-0.05, 0) is 26.8 Å². The van der Waals surface area contributed by atoms with Crippen LogP contribution in [0.2, 0.25) is 0 Å². The lowest BCUT2D eigenvalue weighted by atomic mass is 9.97. The predicted molar refractivity (Wildman–Crippen MR) is 67.2 cm³/mol. The van der Waals surface area contributed by atoms with Crippen LogP contribution >= 0.6 is 0 Å². The molecule has 3 heteroatoms. The second kappa shape index (κ2) is 4.40. The molecule has 2 rings (SSSR count). The number of hydrogen-bond donors (Lipinski definition) is 1. The first-order chi connectivity index (χ1) is 7.96. The van der Waals surface area contributed by atoms with Crippen LogP contribution in [0.4, 0.5) is 0 Å². The van der Waals surface area contributed by atoms with Crippen molar-refractivity contribution < 1.29 is 9.53 Å². The van der Waals surface area contributed by atoms with E-state index in [2.05, 4.69) is 5.32 Å². The zero-order valence-electron chi connectivity index (χ0n) is 10.6. The maximum absolute atomic E-state index is 11.9. The quantitative estimate of drug-likeness (QED) is 0.852. The molecule has 0 radical (unpaired) electrons. The van der Waals surface area contributed by atoms with Gasteiger partial charge in [-0.1, -0.05) is 18.2 Å². The number of amides is 1. The number of carbonyl (C=O) groups is 1. The normalized spacial score (nSPS) is 18.4. The Morgan fingerprint density at radius 2 is 2.12 bits per heavy atom. The Morgan fingerprint density at radius 3 is 2.82 bits per heavy atom. The molecule has 1 aromatic carbocycles. The molecule has 92 valence electrons. The largest absolute Gasteiger partial charge is 0.493 e. The highest BCUT2D eigenvalue weighted by Crippen LogP contribution is 2.35. The van der Waals surface area contributed by atoms with Crippen LogP contribution in [0.1, 0.15) is 38.7 Å². The lowest BCUT2D eigenvalue weighted by Crippen LogP contribution is -2.41. The van der Waals surface area contributed by atoms with Gasteiger partial charge < -0.3 is 10.1 Å². The van der Waals surface area contributed by atoms with Gasteiger partial charge >= 0.3 is 0 Å². The molecule has 17 heavy (non-hydrogen) atoms. The topological polar surface area (TPSA) is 38.3 Å². The van der Waals surface area contributed by atoms with Gasteiger partial charge in [-0.15, -0.1) is 0 Å². The summed E-state index contributed by atoms with van der Waals surface area (Å²) in [6, 6.07) is 7.94. The van der Waals surface area contributed by atoms with E-state index in [1.54, 1.807) is 0 Å². The molecule has 1 amide bonds. The number of fused-ring (bicyclic) bond motifs is 1. The Kier molecular flexibility index (Phi) is 3.09. The molecule has 1 unspecified atom stereocenters. The average Bonchev–Trinajstić information content (AvgIpc) is 2.59. The average molecular weight is 233 g/mol. The Morgan fingerprint density at radius 1 is 1.41 bits per heavy atom. The molecule has 1 aliphatic rings. The number of hydrogen-bond acceptors (Lipinski definition) is 2. The Labute approximate surface area is 102 Å². The molecular formula is C14H19NO2. The van der Waals surface area contributed by atoms with Crippen molar-refractivity contribution in [1.82, 2.24) is 5.32 Å². The molecule has 0 aliphatic carbocycles. The smallest absolute Gasteiger partial charge is 0.221 e. The molecule has 1 atom stereocenters. The van der Waals surface area contributed by atoms with Gasteiger partial charge in [0, 0.05) is 23.4 Å². The molecule has 0 bridgehead atoms. The second-order valence-corrected chi connectivity index (χ2v) is 5.55. The van der Waals surface area contributed by atoms with Crippen LogP contribution in [-0.2, 0) is 4.79 Å². The monoisotopic (exact) mass is 233 g/mol. The van der Waals surface area contributed by atoms with E-state index in [1.807, 2.05) is 45.0 Å². The summed E-state index contributed by atoms with van der Waals surface area (Å²) in [7, 11) is 0. The standard InChI is InChI=1S/C14H19NO2/c1-14(2,3)15-13(16)8-10-9-17-12-7-5-4-6-11(10)12/h4-7,10H,8-9H2,1-3H3,(H,15,16). The third kappa shape index (κ3) is 2.99. The first-order valence-electron chi connectivity index (χ1n) is 5.98. The second-order valence-electron chi connectivity index (χ2n) is 5.55. The zero-order chi connectivity index (χ0) is 12.5. The van der Waals surface area contributed by atoms with Gasteiger partial charge in [0.25, 0.3) is 0 Å². The fourth-order valence-electron chi connectivity index (χ4n) is 2.09. The van der Waals surface area contributed by atoms with E-state index in [-0.39, 0.29) is 17.4 Å². The minimum Gasteiger partial charge on any atom is -0.493 e. The van der Waals surface area contributed by atoms with Gasteiger partial charge in [-0.2, -0.15) is 0 Å². The highest BCUT2D eigenvalue weighted by atomic mass is 16.5. The summed E-state index contributed by atoms with van der Waals surface area (Å²) in [6.45, 7) is 6.58. The fraction of sp³-hybridized carbons (Fsp3) is 0.500. The molecule has 1 aliphatic heterocycles. The van der Waals surface area contributed by atoms with E-state index in [9.17, 15) is 4.79 Å². The first-order valence-corrected chi connectivity index (χ1v) is 5.98. The van der Waals surface area contributed by atoms with Crippen molar-refractivity contribution in [2.24, 2.45) is 0 Å². The molecular weight excluding hydrogens is 214 g/mol.